The second kappa shape index (κ2) is 12.4. The van der Waals surface area contributed by atoms with Crippen molar-refractivity contribution in [1.29, 1.82) is 5.26 Å². The summed E-state index contributed by atoms with van der Waals surface area (Å²) in [4.78, 5) is 42.8. The number of nitriles is 1. The van der Waals surface area contributed by atoms with Gasteiger partial charge in [-0.25, -0.2) is 4.68 Å². The lowest BCUT2D eigenvalue weighted by molar-refractivity contribution is -0.113. The molecule has 4 heterocycles. The molecule has 0 saturated carbocycles. The first kappa shape index (κ1) is 30.9. The first-order valence-corrected chi connectivity index (χ1v) is 15.8. The van der Waals surface area contributed by atoms with Gasteiger partial charge in [-0.05, 0) is 61.7 Å². The van der Waals surface area contributed by atoms with Crippen LogP contribution in [0.25, 0.3) is 11.8 Å². The van der Waals surface area contributed by atoms with Crippen molar-refractivity contribution in [3.63, 3.8) is 0 Å². The van der Waals surface area contributed by atoms with Gasteiger partial charge in [-0.15, -0.1) is 0 Å². The molecule has 1 saturated heterocycles. The summed E-state index contributed by atoms with van der Waals surface area (Å²) in [5.41, 5.74) is 2.41. The fraction of sp³-hybridized carbons (Fsp3) is 0.242. The first-order valence-electron chi connectivity index (χ1n) is 14.6. The van der Waals surface area contributed by atoms with E-state index in [-0.39, 0.29) is 32.8 Å². The molecule has 0 radical (unpaired) electrons. The van der Waals surface area contributed by atoms with Crippen molar-refractivity contribution in [1.82, 2.24) is 13.9 Å². The molecule has 2 aromatic carbocycles. The zero-order chi connectivity index (χ0) is 32.7. The van der Waals surface area contributed by atoms with E-state index in [1.165, 1.54) is 14.1 Å². The number of aromatic nitrogens is 3. The van der Waals surface area contributed by atoms with Crippen LogP contribution in [0, 0.1) is 25.2 Å². The van der Waals surface area contributed by atoms with Gasteiger partial charge in [-0.3, -0.25) is 28.5 Å². The predicted octanol–water partition coefficient (Wildman–Crippen LogP) is 4.98. The number of ether oxygens (including phenoxy) is 2. The Hall–Kier alpha value is -5.06. The molecule has 1 amide bonds. The lowest BCUT2D eigenvalue weighted by Crippen LogP contribution is -2.33. The molecule has 0 aliphatic carbocycles. The van der Waals surface area contributed by atoms with Crippen molar-refractivity contribution in [2.24, 2.45) is 7.05 Å². The monoisotopic (exact) mass is 654 g/mol. The quantitative estimate of drug-likeness (QED) is 0.207. The summed E-state index contributed by atoms with van der Waals surface area (Å²) in [5, 5.41) is 13.3. The van der Waals surface area contributed by atoms with E-state index < -0.39 is 11.5 Å². The molecule has 46 heavy (non-hydrogen) atoms. The average Bonchev–Trinajstić information content (AvgIpc) is 3.69. The average molecular weight is 655 g/mol. The SMILES string of the molecule is CCCn1c(NCc2ccc3c(c2)OCO3)c(/C=C2/SC(=S)N(c3c(C)n(C)n(-c4ccccc4)c3=O)C2=O)c(C)c(C#N)c1=O. The third-order valence-corrected chi connectivity index (χ3v) is 9.34. The zero-order valence-corrected chi connectivity index (χ0v) is 27.3. The Morgan fingerprint density at radius 2 is 1.80 bits per heavy atom. The van der Waals surface area contributed by atoms with Crippen LogP contribution in [0.15, 0.2) is 63.0 Å². The van der Waals surface area contributed by atoms with Gasteiger partial charge in [0.1, 0.15) is 23.1 Å². The Morgan fingerprint density at radius 3 is 2.52 bits per heavy atom. The Morgan fingerprint density at radius 1 is 1.07 bits per heavy atom. The molecule has 2 aromatic heterocycles. The maximum Gasteiger partial charge on any atom is 0.296 e. The van der Waals surface area contributed by atoms with Gasteiger partial charge in [0.15, 0.2) is 15.8 Å². The fourth-order valence-corrected chi connectivity index (χ4v) is 6.88. The number of amides is 1. The number of hydrogen-bond acceptors (Lipinski definition) is 9. The lowest BCUT2D eigenvalue weighted by Gasteiger charge is -2.20. The number of pyridine rings is 1. The van der Waals surface area contributed by atoms with E-state index in [4.69, 9.17) is 21.7 Å². The zero-order valence-electron chi connectivity index (χ0n) is 25.6. The maximum absolute atomic E-state index is 14.0. The van der Waals surface area contributed by atoms with E-state index in [1.807, 2.05) is 55.5 Å². The molecule has 1 N–H and O–H groups in total. The second-order valence-electron chi connectivity index (χ2n) is 10.8. The van der Waals surface area contributed by atoms with Crippen LogP contribution >= 0.6 is 24.0 Å². The highest BCUT2D eigenvalue weighted by Gasteiger charge is 2.38. The highest BCUT2D eigenvalue weighted by molar-refractivity contribution is 8.27. The summed E-state index contributed by atoms with van der Waals surface area (Å²) >= 11 is 6.73. The van der Waals surface area contributed by atoms with Crippen LogP contribution in [-0.2, 0) is 24.9 Å². The Bertz CT molecular complexity index is 2110. The Kier molecular flexibility index (Phi) is 8.33. The van der Waals surface area contributed by atoms with E-state index in [2.05, 4.69) is 11.4 Å². The van der Waals surface area contributed by atoms with E-state index in [9.17, 15) is 19.6 Å². The van der Waals surface area contributed by atoms with Crippen LogP contribution in [-0.4, -0.2) is 31.0 Å². The molecular formula is C33H30N6O5S2. The highest BCUT2D eigenvalue weighted by atomic mass is 32.2. The van der Waals surface area contributed by atoms with Gasteiger partial charge >= 0.3 is 0 Å². The fourth-order valence-electron chi connectivity index (χ4n) is 5.63. The minimum Gasteiger partial charge on any atom is -0.454 e. The number of thiocarbonyl (C=S) groups is 1. The molecule has 0 bridgehead atoms. The molecule has 4 aromatic rings. The maximum atomic E-state index is 14.0. The number of carbonyl (C=O) groups excluding carboxylic acids is 1. The Labute approximate surface area is 274 Å². The third-order valence-electron chi connectivity index (χ3n) is 8.04. The highest BCUT2D eigenvalue weighted by Crippen LogP contribution is 2.38. The lowest BCUT2D eigenvalue weighted by atomic mass is 10.0. The Balaban J connectivity index is 1.43. The van der Waals surface area contributed by atoms with Crippen molar-refractivity contribution in [3.8, 4) is 23.3 Å². The molecule has 0 unspecified atom stereocenters. The van der Waals surface area contributed by atoms with Gasteiger partial charge in [0.2, 0.25) is 6.79 Å². The van der Waals surface area contributed by atoms with Gasteiger partial charge in [-0.1, -0.05) is 55.2 Å². The second-order valence-corrected chi connectivity index (χ2v) is 12.5. The smallest absolute Gasteiger partial charge is 0.296 e. The number of carbonyl (C=O) groups is 1. The number of hydrogen-bond donors (Lipinski definition) is 1. The first-order chi connectivity index (χ1) is 22.2. The van der Waals surface area contributed by atoms with Gasteiger partial charge in [0, 0.05) is 25.7 Å². The number of nitrogens with one attached hydrogen (secondary N) is 1. The number of benzene rings is 2. The van der Waals surface area contributed by atoms with Gasteiger partial charge in [-0.2, -0.15) is 5.26 Å². The molecular weight excluding hydrogens is 625 g/mol. The third kappa shape index (κ3) is 5.19. The summed E-state index contributed by atoms with van der Waals surface area (Å²) < 4.78 is 15.9. The van der Waals surface area contributed by atoms with E-state index in [1.54, 1.807) is 31.7 Å². The van der Waals surface area contributed by atoms with Crippen molar-refractivity contribution in [2.75, 3.05) is 17.0 Å². The predicted molar refractivity (Wildman–Crippen MR) is 182 cm³/mol. The molecule has 234 valence electrons. The van der Waals surface area contributed by atoms with Crippen molar-refractivity contribution < 1.29 is 14.3 Å². The van der Waals surface area contributed by atoms with Crippen LogP contribution in [0.2, 0.25) is 0 Å². The number of thioether (sulfide) groups is 1. The minimum atomic E-state index is -0.464. The van der Waals surface area contributed by atoms with Crippen molar-refractivity contribution >= 4 is 51.8 Å². The van der Waals surface area contributed by atoms with Crippen LogP contribution in [0.3, 0.4) is 0 Å². The molecule has 13 heteroatoms. The molecule has 1 fully saturated rings. The topological polar surface area (TPSA) is 124 Å². The van der Waals surface area contributed by atoms with Gasteiger partial charge in [0.05, 0.1) is 16.3 Å². The van der Waals surface area contributed by atoms with Gasteiger partial charge < -0.3 is 14.8 Å². The molecule has 11 nitrogen and oxygen atoms in total. The number of anilines is 2. The van der Waals surface area contributed by atoms with Crippen LogP contribution in [0.1, 0.15) is 41.3 Å². The summed E-state index contributed by atoms with van der Waals surface area (Å²) in [7, 11) is 1.75. The van der Waals surface area contributed by atoms with E-state index >= 15 is 0 Å². The molecule has 2 aliphatic rings. The molecule has 0 spiro atoms. The minimum absolute atomic E-state index is 0.00606. The van der Waals surface area contributed by atoms with Crippen LogP contribution in [0.4, 0.5) is 11.5 Å². The normalized spacial score (nSPS) is 14.8. The van der Waals surface area contributed by atoms with Crippen molar-refractivity contribution in [2.45, 2.75) is 40.3 Å². The van der Waals surface area contributed by atoms with E-state index in [0.29, 0.717) is 59.3 Å². The molecule has 6 rings (SSSR count). The summed E-state index contributed by atoms with van der Waals surface area (Å²) in [6, 6.07) is 16.8. The largest absolute Gasteiger partial charge is 0.454 e. The van der Waals surface area contributed by atoms with Gasteiger partial charge in [0.25, 0.3) is 17.0 Å². The number of rotatable bonds is 8. The summed E-state index contributed by atoms with van der Waals surface area (Å²) in [6.07, 6.45) is 2.28. The molecule has 2 aliphatic heterocycles. The number of fused-ring (bicyclic) bond motifs is 1. The van der Waals surface area contributed by atoms with E-state index in [0.717, 1.165) is 17.3 Å². The van der Waals surface area contributed by atoms with Crippen LogP contribution in [0.5, 0.6) is 11.5 Å². The van der Waals surface area contributed by atoms with Crippen molar-refractivity contribution in [3.05, 3.63) is 102 Å². The standard InChI is InChI=1S/C33H30N6O5S2/c1-5-13-37-29(35-17-21-11-12-25-26(14-21)44-18-43-25)23(19(2)24(16-34)30(37)40)15-27-31(41)38(33(45)46-27)28-20(3)36(4)39(32(28)42)22-9-7-6-8-10-22/h6-12,14-15,35H,5,13,17-18H2,1-4H3/b27-15+. The summed E-state index contributed by atoms with van der Waals surface area (Å²) in [5.74, 6) is 1.29. The number of para-hydroxylation sites is 1. The molecule has 0 atom stereocenters. The number of nitrogens with zero attached hydrogens (tertiary/aromatic N) is 5. The van der Waals surface area contributed by atoms with Crippen LogP contribution < -0.4 is 30.8 Å². The summed E-state index contributed by atoms with van der Waals surface area (Å²) in [6.45, 7) is 6.22.